The highest BCUT2D eigenvalue weighted by molar-refractivity contribution is 5.54. The summed E-state index contributed by atoms with van der Waals surface area (Å²) >= 11 is 0. The summed E-state index contributed by atoms with van der Waals surface area (Å²) in [5.41, 5.74) is 0.962. The van der Waals surface area contributed by atoms with E-state index in [1.807, 2.05) is 18.2 Å². The van der Waals surface area contributed by atoms with Crippen molar-refractivity contribution in [2.75, 3.05) is 38.8 Å². The molecule has 2 N–H and O–H groups in total. The molecule has 19 heavy (non-hydrogen) atoms. The quantitative estimate of drug-likeness (QED) is 0.786. The van der Waals surface area contributed by atoms with Crippen LogP contribution in [0.2, 0.25) is 0 Å². The van der Waals surface area contributed by atoms with Crippen molar-refractivity contribution in [3.05, 3.63) is 18.2 Å². The third-order valence-electron chi connectivity index (χ3n) is 3.07. The van der Waals surface area contributed by atoms with Gasteiger partial charge in [-0.15, -0.1) is 0 Å². The van der Waals surface area contributed by atoms with E-state index in [0.29, 0.717) is 17.6 Å². The Kier molecular flexibility index (Phi) is 5.30. The van der Waals surface area contributed by atoms with Crippen LogP contribution >= 0.6 is 0 Å². The van der Waals surface area contributed by atoms with Crippen LogP contribution in [-0.2, 0) is 4.74 Å². The molecule has 0 amide bonds. The van der Waals surface area contributed by atoms with Crippen molar-refractivity contribution in [2.45, 2.75) is 18.9 Å². The molecule has 5 heteroatoms. The van der Waals surface area contributed by atoms with Crippen LogP contribution < -0.4 is 14.8 Å². The van der Waals surface area contributed by atoms with Crippen molar-refractivity contribution < 1.29 is 19.3 Å². The number of rotatable bonds is 7. The van der Waals surface area contributed by atoms with Gasteiger partial charge in [-0.25, -0.2) is 0 Å². The lowest BCUT2D eigenvalue weighted by Gasteiger charge is -2.15. The van der Waals surface area contributed by atoms with Crippen LogP contribution in [0.15, 0.2) is 18.2 Å². The lowest BCUT2D eigenvalue weighted by molar-refractivity contribution is 0.120. The molecule has 1 saturated heterocycles. The Bertz CT molecular complexity index is 391. The molecule has 1 aromatic carbocycles. The molecule has 0 spiro atoms. The smallest absolute Gasteiger partial charge is 0.163 e. The standard InChI is InChI=1S/C14H21NO4/c1-17-13-5-4-11(9-14(13)19-8-6-16)15-10-12-3-2-7-18-12/h4-5,9,12,15-16H,2-3,6-8,10H2,1H3. The number of hydrogen-bond donors (Lipinski definition) is 2. The van der Waals surface area contributed by atoms with Crippen molar-refractivity contribution in [2.24, 2.45) is 0 Å². The van der Waals surface area contributed by atoms with Crippen LogP contribution in [0.1, 0.15) is 12.8 Å². The summed E-state index contributed by atoms with van der Waals surface area (Å²) in [5.74, 6) is 1.30. The minimum Gasteiger partial charge on any atom is -0.493 e. The summed E-state index contributed by atoms with van der Waals surface area (Å²) < 4.78 is 16.2. The fourth-order valence-corrected chi connectivity index (χ4v) is 2.09. The number of nitrogens with one attached hydrogen (secondary N) is 1. The Morgan fingerprint density at radius 2 is 2.32 bits per heavy atom. The van der Waals surface area contributed by atoms with E-state index in [-0.39, 0.29) is 13.2 Å². The Morgan fingerprint density at radius 1 is 1.42 bits per heavy atom. The molecule has 1 aliphatic rings. The number of aliphatic hydroxyl groups excluding tert-OH is 1. The van der Waals surface area contributed by atoms with E-state index >= 15 is 0 Å². The zero-order valence-electron chi connectivity index (χ0n) is 11.2. The average molecular weight is 267 g/mol. The maximum Gasteiger partial charge on any atom is 0.163 e. The molecular weight excluding hydrogens is 246 g/mol. The minimum atomic E-state index is -0.0171. The molecule has 0 aliphatic carbocycles. The molecule has 0 saturated carbocycles. The fraction of sp³-hybridized carbons (Fsp3) is 0.571. The van der Waals surface area contributed by atoms with E-state index in [2.05, 4.69) is 5.32 Å². The van der Waals surface area contributed by atoms with E-state index in [1.54, 1.807) is 7.11 Å². The molecular formula is C14H21NO4. The van der Waals surface area contributed by atoms with Gasteiger partial charge >= 0.3 is 0 Å². The SMILES string of the molecule is COc1ccc(NCC2CCCO2)cc1OCCO. The van der Waals surface area contributed by atoms with Gasteiger partial charge in [0.25, 0.3) is 0 Å². The zero-order chi connectivity index (χ0) is 13.5. The first-order valence-corrected chi connectivity index (χ1v) is 6.60. The van der Waals surface area contributed by atoms with Crippen LogP contribution in [0.3, 0.4) is 0 Å². The molecule has 1 heterocycles. The maximum atomic E-state index is 8.81. The highest BCUT2D eigenvalue weighted by Crippen LogP contribution is 2.30. The molecule has 0 bridgehead atoms. The first-order chi connectivity index (χ1) is 9.33. The minimum absolute atomic E-state index is 0.0171. The third kappa shape index (κ3) is 4.01. The van der Waals surface area contributed by atoms with E-state index < -0.39 is 0 Å². The van der Waals surface area contributed by atoms with Crippen molar-refractivity contribution in [1.82, 2.24) is 0 Å². The normalized spacial score (nSPS) is 18.3. The van der Waals surface area contributed by atoms with Crippen LogP contribution in [0.5, 0.6) is 11.5 Å². The van der Waals surface area contributed by atoms with Crippen molar-refractivity contribution in [1.29, 1.82) is 0 Å². The van der Waals surface area contributed by atoms with Crippen LogP contribution in [0.4, 0.5) is 5.69 Å². The predicted octanol–water partition coefficient (Wildman–Crippen LogP) is 1.66. The van der Waals surface area contributed by atoms with E-state index in [9.17, 15) is 0 Å². The number of aliphatic hydroxyl groups is 1. The van der Waals surface area contributed by atoms with Crippen LogP contribution in [-0.4, -0.2) is 44.7 Å². The Hall–Kier alpha value is -1.46. The van der Waals surface area contributed by atoms with Crippen molar-refractivity contribution in [3.63, 3.8) is 0 Å². The van der Waals surface area contributed by atoms with Gasteiger partial charge in [0.1, 0.15) is 6.61 Å². The van der Waals surface area contributed by atoms with Gasteiger partial charge in [-0.05, 0) is 25.0 Å². The lowest BCUT2D eigenvalue weighted by atomic mass is 10.2. The Labute approximate surface area is 113 Å². The van der Waals surface area contributed by atoms with Gasteiger partial charge in [0.2, 0.25) is 0 Å². The largest absolute Gasteiger partial charge is 0.493 e. The number of methoxy groups -OCH3 is 1. The van der Waals surface area contributed by atoms with Crippen LogP contribution in [0.25, 0.3) is 0 Å². The van der Waals surface area contributed by atoms with E-state index in [0.717, 1.165) is 31.7 Å². The van der Waals surface area contributed by atoms with Crippen LogP contribution in [0, 0.1) is 0 Å². The Morgan fingerprint density at radius 3 is 3.00 bits per heavy atom. The van der Waals surface area contributed by atoms with E-state index in [1.165, 1.54) is 0 Å². The monoisotopic (exact) mass is 267 g/mol. The molecule has 1 fully saturated rings. The second-order valence-electron chi connectivity index (χ2n) is 4.45. The van der Waals surface area contributed by atoms with Gasteiger partial charge in [0, 0.05) is 24.9 Å². The summed E-state index contributed by atoms with van der Waals surface area (Å²) in [5, 5.41) is 12.1. The topological polar surface area (TPSA) is 60.0 Å². The predicted molar refractivity (Wildman–Crippen MR) is 73.0 cm³/mol. The van der Waals surface area contributed by atoms with Gasteiger partial charge in [-0.2, -0.15) is 0 Å². The number of benzene rings is 1. The summed E-state index contributed by atoms with van der Waals surface area (Å²) in [6.07, 6.45) is 2.54. The summed E-state index contributed by atoms with van der Waals surface area (Å²) in [7, 11) is 1.60. The first-order valence-electron chi connectivity index (χ1n) is 6.60. The molecule has 1 atom stereocenters. The molecule has 5 nitrogen and oxygen atoms in total. The fourth-order valence-electron chi connectivity index (χ4n) is 2.09. The summed E-state index contributed by atoms with van der Waals surface area (Å²) in [6.45, 7) is 1.90. The number of ether oxygens (including phenoxy) is 3. The molecule has 106 valence electrons. The summed E-state index contributed by atoms with van der Waals surface area (Å²) in [6, 6.07) is 5.67. The lowest BCUT2D eigenvalue weighted by Crippen LogP contribution is -2.18. The highest BCUT2D eigenvalue weighted by atomic mass is 16.5. The zero-order valence-corrected chi connectivity index (χ0v) is 11.2. The average Bonchev–Trinajstić information content (AvgIpc) is 2.96. The summed E-state index contributed by atoms with van der Waals surface area (Å²) in [4.78, 5) is 0. The molecule has 1 aromatic rings. The van der Waals surface area contributed by atoms with Crippen molar-refractivity contribution in [3.8, 4) is 11.5 Å². The van der Waals surface area contributed by atoms with Gasteiger partial charge in [-0.3, -0.25) is 0 Å². The Balaban J connectivity index is 1.95. The second kappa shape index (κ2) is 7.21. The molecule has 0 aromatic heterocycles. The molecule has 1 unspecified atom stereocenters. The molecule has 2 rings (SSSR count). The molecule has 1 aliphatic heterocycles. The van der Waals surface area contributed by atoms with Crippen molar-refractivity contribution >= 4 is 5.69 Å². The van der Waals surface area contributed by atoms with Gasteiger partial charge in [0.15, 0.2) is 11.5 Å². The first kappa shape index (κ1) is 14.0. The maximum absolute atomic E-state index is 8.81. The number of anilines is 1. The van der Waals surface area contributed by atoms with Gasteiger partial charge < -0.3 is 24.6 Å². The second-order valence-corrected chi connectivity index (χ2v) is 4.45. The van der Waals surface area contributed by atoms with Gasteiger partial charge in [-0.1, -0.05) is 0 Å². The highest BCUT2D eigenvalue weighted by Gasteiger charge is 2.15. The third-order valence-corrected chi connectivity index (χ3v) is 3.07. The molecule has 0 radical (unpaired) electrons. The van der Waals surface area contributed by atoms with E-state index in [4.69, 9.17) is 19.3 Å². The number of hydrogen-bond acceptors (Lipinski definition) is 5. The van der Waals surface area contributed by atoms with Gasteiger partial charge in [0.05, 0.1) is 19.8 Å².